The Hall–Kier alpha value is 1.18. The van der Waals surface area contributed by atoms with Crippen LogP contribution < -0.4 is 0 Å². The average Bonchev–Trinajstić information content (AvgIpc) is 0. The molecule has 0 aromatic carbocycles. The van der Waals surface area contributed by atoms with E-state index in [1.165, 1.54) is 0 Å². The third kappa shape index (κ3) is 37.6. The first-order valence-electron chi connectivity index (χ1n) is 0. The Bertz CT molecular complexity index is 4.85. The molecule has 0 bridgehead atoms. The first-order valence-corrected chi connectivity index (χ1v) is 0. The zero-order chi connectivity index (χ0) is 0. The second-order valence-corrected chi connectivity index (χ2v) is 0. The van der Waals surface area contributed by atoms with Crippen LogP contribution in [0.2, 0.25) is 0 Å². The molecule has 0 rings (SSSR count). The maximum atomic E-state index is 0. The molecule has 0 aromatic rings. The Kier molecular flexibility index (Phi) is 1550. The van der Waals surface area contributed by atoms with Gasteiger partial charge in [0.1, 0.15) is 0 Å². The largest absolute Gasteiger partial charge is 3.00 e. The van der Waals surface area contributed by atoms with Gasteiger partial charge in [-0.3, -0.25) is 0 Å². The van der Waals surface area contributed by atoms with Gasteiger partial charge in [-0.2, -0.15) is 0 Å². The molecule has 0 saturated carbocycles. The molecule has 5 heteroatoms. The van der Waals surface area contributed by atoms with Crippen LogP contribution in [0.15, 0.2) is 0 Å². The molecular formula is B2S3. The predicted octanol–water partition coefficient (Wildman–Crippen LogP) is -0.769. The molecule has 5 heavy (non-hydrogen) atoms. The quantitative estimate of drug-likeness (QED) is 0.366. The van der Waals surface area contributed by atoms with Crippen molar-refractivity contribution in [3.8, 4) is 0 Å². The van der Waals surface area contributed by atoms with Crippen LogP contribution in [0.25, 0.3) is 0 Å². The van der Waals surface area contributed by atoms with Crippen LogP contribution in [0.3, 0.4) is 0 Å². The van der Waals surface area contributed by atoms with E-state index in [1.54, 1.807) is 0 Å². The van der Waals surface area contributed by atoms with E-state index in [1.807, 2.05) is 0 Å². The summed E-state index contributed by atoms with van der Waals surface area (Å²) in [7, 11) is 0. The van der Waals surface area contributed by atoms with Crippen molar-refractivity contribution in [3.63, 3.8) is 0 Å². The Morgan fingerprint density at radius 1 is 0.400 bits per heavy atom. The summed E-state index contributed by atoms with van der Waals surface area (Å²) in [5.74, 6) is 0. The molecule has 0 aliphatic carbocycles. The van der Waals surface area contributed by atoms with Crippen molar-refractivity contribution in [2.45, 2.75) is 0 Å². The Morgan fingerprint density at radius 2 is 0.400 bits per heavy atom. The summed E-state index contributed by atoms with van der Waals surface area (Å²) in [6, 6.07) is 0. The molecule has 0 unspecified atom stereocenters. The van der Waals surface area contributed by atoms with Crippen molar-refractivity contribution in [1.29, 1.82) is 0 Å². The van der Waals surface area contributed by atoms with Gasteiger partial charge >= 0.3 is 16.8 Å². The predicted molar refractivity (Wildman–Crippen MR) is 33.6 cm³/mol. The van der Waals surface area contributed by atoms with Crippen molar-refractivity contribution < 1.29 is 0 Å². The summed E-state index contributed by atoms with van der Waals surface area (Å²) in [4.78, 5) is 0. The molecule has 0 aliphatic heterocycles. The molecule has 0 amide bonds. The maximum absolute atomic E-state index is 0. The van der Waals surface area contributed by atoms with E-state index in [2.05, 4.69) is 0 Å². The van der Waals surface area contributed by atoms with Gasteiger partial charge in [-0.05, 0) is 0 Å². The molecule has 0 saturated heterocycles. The second-order valence-electron chi connectivity index (χ2n) is 0. The minimum Gasteiger partial charge on any atom is -2.00 e. The van der Waals surface area contributed by atoms with Gasteiger partial charge in [0.2, 0.25) is 0 Å². The van der Waals surface area contributed by atoms with E-state index in [0.29, 0.717) is 0 Å². The fraction of sp³-hybridized carbons (Fsp3) is 0. The van der Waals surface area contributed by atoms with Crippen LogP contribution in [0.4, 0.5) is 0 Å². The van der Waals surface area contributed by atoms with Crippen LogP contribution in [0.1, 0.15) is 0 Å². The molecule has 0 radical (unpaired) electrons. The molecule has 0 fully saturated rings. The summed E-state index contributed by atoms with van der Waals surface area (Å²) >= 11 is 0. The van der Waals surface area contributed by atoms with Gasteiger partial charge in [-0.1, -0.05) is 0 Å². The topological polar surface area (TPSA) is 0 Å². The monoisotopic (exact) mass is 118 g/mol. The van der Waals surface area contributed by atoms with Crippen LogP contribution in [-0.2, 0) is 40.5 Å². The Balaban J connectivity index is 0. The normalized spacial score (nSPS) is 0. The van der Waals surface area contributed by atoms with E-state index >= 15 is 0 Å². The second kappa shape index (κ2) is 65.0. The van der Waals surface area contributed by atoms with Gasteiger partial charge < -0.3 is 40.5 Å². The number of rotatable bonds is 0. The molecule has 0 atom stereocenters. The van der Waals surface area contributed by atoms with Gasteiger partial charge in [0, 0.05) is 0 Å². The van der Waals surface area contributed by atoms with Gasteiger partial charge in [-0.25, -0.2) is 0 Å². The van der Waals surface area contributed by atoms with Crippen LogP contribution >= 0.6 is 0 Å². The Labute approximate surface area is 57.6 Å². The molecule has 0 spiro atoms. The van der Waals surface area contributed by atoms with Crippen molar-refractivity contribution in [2.24, 2.45) is 0 Å². The summed E-state index contributed by atoms with van der Waals surface area (Å²) < 4.78 is 0. The van der Waals surface area contributed by atoms with E-state index < -0.39 is 0 Å². The first-order chi connectivity index (χ1) is 0. The third-order valence-electron chi connectivity index (χ3n) is 0. The average molecular weight is 118 g/mol. The molecule has 0 aliphatic rings. The zero-order valence-corrected chi connectivity index (χ0v) is 4.83. The smallest absolute Gasteiger partial charge is 2.00 e. The maximum Gasteiger partial charge on any atom is 3.00 e. The first kappa shape index (κ1) is 119. The number of hydrogen-bond donors (Lipinski definition) is 0. The van der Waals surface area contributed by atoms with E-state index in [9.17, 15) is 0 Å². The Morgan fingerprint density at radius 3 is 0.400 bits per heavy atom. The van der Waals surface area contributed by atoms with Crippen molar-refractivity contribution in [3.05, 3.63) is 0 Å². The summed E-state index contributed by atoms with van der Waals surface area (Å²) in [6.45, 7) is 0. The van der Waals surface area contributed by atoms with Crippen molar-refractivity contribution in [2.75, 3.05) is 0 Å². The van der Waals surface area contributed by atoms with Gasteiger partial charge in [0.25, 0.3) is 0 Å². The van der Waals surface area contributed by atoms with Crippen molar-refractivity contribution in [1.82, 2.24) is 0 Å². The molecule has 0 heterocycles. The molecular weight excluding hydrogens is 118 g/mol. The van der Waals surface area contributed by atoms with Crippen LogP contribution in [0.5, 0.6) is 0 Å². The molecule has 0 nitrogen and oxygen atoms in total. The molecule has 24 valence electrons. The van der Waals surface area contributed by atoms with Gasteiger partial charge in [-0.15, -0.1) is 0 Å². The molecule has 0 aromatic heterocycles. The fourth-order valence-corrected chi connectivity index (χ4v) is 0. The zero-order valence-electron chi connectivity index (χ0n) is 2.38. The minimum absolute atomic E-state index is 0. The summed E-state index contributed by atoms with van der Waals surface area (Å²) in [5, 5.41) is 0. The van der Waals surface area contributed by atoms with Crippen LogP contribution in [-0.4, -0.2) is 16.8 Å². The third-order valence-corrected chi connectivity index (χ3v) is 0. The van der Waals surface area contributed by atoms with Crippen LogP contribution in [0, 0.1) is 0 Å². The SMILES string of the molecule is [B+3].[B+3].[S-2].[S-2].[S-2]. The summed E-state index contributed by atoms with van der Waals surface area (Å²) in [6.07, 6.45) is 0. The van der Waals surface area contributed by atoms with Gasteiger partial charge in [0.05, 0.1) is 0 Å². The van der Waals surface area contributed by atoms with E-state index in [-0.39, 0.29) is 57.3 Å². The molecule has 0 N–H and O–H groups in total. The number of hydrogen-bond acceptors (Lipinski definition) is 0. The van der Waals surface area contributed by atoms with E-state index in [0.717, 1.165) is 0 Å². The van der Waals surface area contributed by atoms with Gasteiger partial charge in [0.15, 0.2) is 0 Å². The summed E-state index contributed by atoms with van der Waals surface area (Å²) in [5.41, 5.74) is 0. The standard InChI is InChI=1S/2B.3S/q2*+3;3*-2. The van der Waals surface area contributed by atoms with E-state index in [4.69, 9.17) is 0 Å². The fourth-order valence-electron chi connectivity index (χ4n) is 0. The van der Waals surface area contributed by atoms with Crippen molar-refractivity contribution >= 4 is 57.3 Å². The minimum atomic E-state index is 0.